The number of rotatable bonds is 11. The van der Waals surface area contributed by atoms with Crippen LogP contribution in [0.25, 0.3) is 22.3 Å². The molecule has 17 nitrogen and oxygen atoms in total. The molecule has 360 valence electrons. The van der Waals surface area contributed by atoms with Crippen LogP contribution in [-0.2, 0) is 35.7 Å². The van der Waals surface area contributed by atoms with E-state index in [9.17, 15) is 32.7 Å². The number of amides is 3. The van der Waals surface area contributed by atoms with Crippen molar-refractivity contribution in [3.8, 4) is 22.9 Å². The molecule has 2 aromatic carbocycles. The number of hydrogen-bond acceptors (Lipinski definition) is 13. The van der Waals surface area contributed by atoms with E-state index in [1.54, 1.807) is 49.6 Å². The number of carbonyl (C=O) groups is 4. The number of hydrogen-bond donors (Lipinski definition) is 4. The Morgan fingerprint density at radius 2 is 1.78 bits per heavy atom. The van der Waals surface area contributed by atoms with Gasteiger partial charge in [0.25, 0.3) is 0 Å². The standard InChI is InChI=1S/C48H61N7O10S2/c1-29(2)49-46-52-38(28-66-46)37-24-40(33-21-20-31(63-6)22-36(33)50-37)64-32-23-39-43(56)51-35(45(58)59)18-13-11-9-7-8-10-12-17-34(44(57)55(39)26-32)53-47(60)65-42(48(3,4)5)27-54-25-30-16-14-15-19-41(30)67(54,61)62/h9,11,14-16,19-22,24,28-29,32,34-35,39,42H,7-8,10,12-13,17-18,23,25-27H2,1-6H3,(H,49,52)(H,51,56)(H,53,60)(H,58,59)/b11-9-/t32-,34+,35+,39+,42-/m1/s1. The number of pyridine rings is 1. The number of anilines is 1. The number of carboxylic acids is 1. The molecular formula is C48H61N7O10S2. The Morgan fingerprint density at radius 3 is 2.51 bits per heavy atom. The fourth-order valence-corrected chi connectivity index (χ4v) is 11.0. The van der Waals surface area contributed by atoms with E-state index in [-0.39, 0.29) is 49.8 Å². The number of nitrogens with zero attached hydrogens (tertiary/aromatic N) is 4. The maximum Gasteiger partial charge on any atom is 0.408 e. The van der Waals surface area contributed by atoms with Gasteiger partial charge in [-0.3, -0.25) is 9.59 Å². The zero-order valence-corrected chi connectivity index (χ0v) is 40.5. The first-order valence-electron chi connectivity index (χ1n) is 22.8. The molecule has 2 aromatic heterocycles. The monoisotopic (exact) mass is 959 g/mol. The van der Waals surface area contributed by atoms with Crippen LogP contribution in [0.4, 0.5) is 9.93 Å². The highest BCUT2D eigenvalue weighted by molar-refractivity contribution is 7.89. The number of benzene rings is 2. The Labute approximate surface area is 395 Å². The Bertz CT molecular complexity index is 2590. The fourth-order valence-electron chi connectivity index (χ4n) is 8.50. The van der Waals surface area contributed by atoms with Crippen molar-refractivity contribution in [2.75, 3.05) is 25.5 Å². The highest BCUT2D eigenvalue weighted by Gasteiger charge is 2.45. The van der Waals surface area contributed by atoms with Crippen molar-refractivity contribution in [2.24, 2.45) is 5.41 Å². The summed E-state index contributed by atoms with van der Waals surface area (Å²) in [5.41, 5.74) is 1.65. The van der Waals surface area contributed by atoms with Crippen molar-refractivity contribution in [3.63, 3.8) is 0 Å². The fraction of sp³-hybridized carbons (Fsp3) is 0.500. The Kier molecular flexibility index (Phi) is 15.4. The van der Waals surface area contributed by atoms with Gasteiger partial charge in [-0.25, -0.2) is 28.0 Å². The molecule has 4 aromatic rings. The molecule has 0 saturated carbocycles. The summed E-state index contributed by atoms with van der Waals surface area (Å²) >= 11 is 1.44. The molecule has 3 amide bonds. The number of thiazole rings is 1. The molecule has 4 N–H and O–H groups in total. The Balaban J connectivity index is 1.18. The molecule has 3 aliphatic heterocycles. The van der Waals surface area contributed by atoms with Gasteiger partial charge in [0.05, 0.1) is 36.3 Å². The van der Waals surface area contributed by atoms with E-state index in [0.717, 1.165) is 24.4 Å². The highest BCUT2D eigenvalue weighted by Crippen LogP contribution is 2.37. The van der Waals surface area contributed by atoms with Crippen molar-refractivity contribution >= 4 is 61.3 Å². The normalized spacial score (nSPS) is 22.6. The predicted molar refractivity (Wildman–Crippen MR) is 254 cm³/mol. The topological polar surface area (TPSA) is 219 Å². The van der Waals surface area contributed by atoms with Gasteiger partial charge in [0.1, 0.15) is 47.5 Å². The summed E-state index contributed by atoms with van der Waals surface area (Å²) < 4.78 is 46.6. The number of nitrogens with one attached hydrogen (secondary N) is 3. The lowest BCUT2D eigenvalue weighted by Gasteiger charge is -2.34. The van der Waals surface area contributed by atoms with Gasteiger partial charge in [0.15, 0.2) is 5.13 Å². The van der Waals surface area contributed by atoms with Gasteiger partial charge in [-0.2, -0.15) is 4.31 Å². The predicted octanol–water partition coefficient (Wildman–Crippen LogP) is 7.12. The van der Waals surface area contributed by atoms with Gasteiger partial charge < -0.3 is 40.2 Å². The quantitative estimate of drug-likeness (QED) is 0.110. The number of aromatic nitrogens is 2. The van der Waals surface area contributed by atoms with Crippen LogP contribution in [0.1, 0.15) is 91.5 Å². The van der Waals surface area contributed by atoms with Gasteiger partial charge >= 0.3 is 12.1 Å². The zero-order valence-electron chi connectivity index (χ0n) is 38.8. The van der Waals surface area contributed by atoms with Crippen LogP contribution in [0.3, 0.4) is 0 Å². The molecule has 67 heavy (non-hydrogen) atoms. The lowest BCUT2D eigenvalue weighted by atomic mass is 9.89. The highest BCUT2D eigenvalue weighted by atomic mass is 32.2. The SMILES string of the molecule is COc1ccc2c(O[C@@H]3C[C@H]4C(=O)N[C@H](C(=O)O)CC/C=C\CCCCC[C@H](NC(=O)O[C@H](CN5Cc6ccccc6S5(=O)=O)C(C)(C)C)C(=O)N4C3)cc(-c3csc(NC(C)C)n3)nc2c1. The minimum Gasteiger partial charge on any atom is -0.497 e. The third-order valence-corrected chi connectivity index (χ3v) is 14.9. The second-order valence-electron chi connectivity index (χ2n) is 18.7. The molecule has 3 aliphatic rings. The Morgan fingerprint density at radius 1 is 1.00 bits per heavy atom. The van der Waals surface area contributed by atoms with Gasteiger partial charge in [-0.1, -0.05) is 64.0 Å². The lowest BCUT2D eigenvalue weighted by Crippen LogP contribution is -2.56. The van der Waals surface area contributed by atoms with Crippen molar-refractivity contribution < 1.29 is 46.9 Å². The molecule has 1 fully saturated rings. The molecule has 0 aliphatic carbocycles. The van der Waals surface area contributed by atoms with E-state index < -0.39 is 69.6 Å². The smallest absolute Gasteiger partial charge is 0.408 e. The van der Waals surface area contributed by atoms with Crippen LogP contribution in [0.15, 0.2) is 71.0 Å². The maximum absolute atomic E-state index is 15.0. The molecule has 0 unspecified atom stereocenters. The zero-order chi connectivity index (χ0) is 48.0. The van der Waals surface area contributed by atoms with E-state index >= 15 is 0 Å². The van der Waals surface area contributed by atoms with Crippen LogP contribution < -0.4 is 25.4 Å². The van der Waals surface area contributed by atoms with E-state index in [1.807, 2.05) is 58.2 Å². The molecule has 19 heteroatoms. The molecule has 0 bridgehead atoms. The van der Waals surface area contributed by atoms with Crippen LogP contribution >= 0.6 is 11.3 Å². The lowest BCUT2D eigenvalue weighted by molar-refractivity contribution is -0.144. The first kappa shape index (κ1) is 49.1. The van der Waals surface area contributed by atoms with E-state index in [2.05, 4.69) is 16.0 Å². The van der Waals surface area contributed by atoms with Crippen LogP contribution in [-0.4, -0.2) is 113 Å². The Hall–Kier alpha value is -5.79. The molecule has 5 heterocycles. The third kappa shape index (κ3) is 11.9. The summed E-state index contributed by atoms with van der Waals surface area (Å²) in [6.07, 6.45) is 4.94. The van der Waals surface area contributed by atoms with Crippen LogP contribution in [0.2, 0.25) is 0 Å². The maximum atomic E-state index is 15.0. The summed E-state index contributed by atoms with van der Waals surface area (Å²) in [5, 5.41) is 22.2. The number of carboxylic acid groups (broad SMARTS) is 1. The first-order chi connectivity index (χ1) is 31.9. The van der Waals surface area contributed by atoms with Gasteiger partial charge in [0.2, 0.25) is 21.8 Å². The number of alkyl carbamates (subject to hydrolysis) is 1. The van der Waals surface area contributed by atoms with Crippen molar-refractivity contribution in [3.05, 3.63) is 71.6 Å². The minimum absolute atomic E-state index is 0.00817. The largest absolute Gasteiger partial charge is 0.497 e. The number of ether oxygens (including phenoxy) is 3. The average Bonchev–Trinajstić information content (AvgIpc) is 3.99. The molecule has 1 saturated heterocycles. The van der Waals surface area contributed by atoms with E-state index in [4.69, 9.17) is 24.2 Å². The number of aliphatic carboxylic acids is 1. The third-order valence-electron chi connectivity index (χ3n) is 12.2. The number of allylic oxidation sites excluding steroid dienone is 2. The van der Waals surface area contributed by atoms with E-state index in [1.165, 1.54) is 20.5 Å². The molecule has 0 spiro atoms. The summed E-state index contributed by atoms with van der Waals surface area (Å²) in [7, 11) is -2.28. The molecule has 7 rings (SSSR count). The first-order valence-corrected chi connectivity index (χ1v) is 25.1. The second kappa shape index (κ2) is 21.0. The minimum atomic E-state index is -3.84. The van der Waals surface area contributed by atoms with Crippen LogP contribution in [0, 0.1) is 5.41 Å². The average molecular weight is 960 g/mol. The second-order valence-corrected chi connectivity index (χ2v) is 21.4. The summed E-state index contributed by atoms with van der Waals surface area (Å²) in [6.45, 7) is 9.51. The number of sulfonamides is 1. The van der Waals surface area contributed by atoms with Crippen LogP contribution in [0.5, 0.6) is 11.5 Å². The molecule has 5 atom stereocenters. The van der Waals surface area contributed by atoms with Crippen molar-refractivity contribution in [2.45, 2.75) is 134 Å². The number of carbonyl (C=O) groups excluding carboxylic acids is 3. The summed E-state index contributed by atoms with van der Waals surface area (Å²) in [6, 6.07) is 10.5. The summed E-state index contributed by atoms with van der Waals surface area (Å²) in [5.74, 6) is -1.43. The molecule has 0 radical (unpaired) electrons. The van der Waals surface area contributed by atoms with E-state index in [0.29, 0.717) is 52.2 Å². The summed E-state index contributed by atoms with van der Waals surface area (Å²) in [4.78, 5) is 66.9. The number of fused-ring (bicyclic) bond motifs is 3. The number of methoxy groups -OCH3 is 1. The van der Waals surface area contributed by atoms with Crippen molar-refractivity contribution in [1.82, 2.24) is 29.8 Å². The van der Waals surface area contributed by atoms with Gasteiger partial charge in [0, 0.05) is 47.3 Å². The van der Waals surface area contributed by atoms with Gasteiger partial charge in [-0.15, -0.1) is 11.3 Å². The van der Waals surface area contributed by atoms with Crippen molar-refractivity contribution in [1.29, 1.82) is 0 Å². The molecular weight excluding hydrogens is 899 g/mol. The van der Waals surface area contributed by atoms with Gasteiger partial charge in [-0.05, 0) is 69.7 Å².